The lowest BCUT2D eigenvalue weighted by molar-refractivity contribution is -0.458. The van der Waals surface area contributed by atoms with E-state index in [9.17, 15) is 24.9 Å². The molecule has 2 spiro atoms. The van der Waals surface area contributed by atoms with Crippen LogP contribution in [0.15, 0.2) is 12.2 Å². The number of aliphatic hydroxyl groups is 3. The molecule has 244 valence electrons. The van der Waals surface area contributed by atoms with Crippen molar-refractivity contribution < 1.29 is 34.4 Å². The molecule has 0 radical (unpaired) electrons. The van der Waals surface area contributed by atoms with E-state index in [-0.39, 0.29) is 30.2 Å². The van der Waals surface area contributed by atoms with Crippen molar-refractivity contribution >= 4 is 11.8 Å². The predicted octanol–water partition coefficient (Wildman–Crippen LogP) is 6.41. The van der Waals surface area contributed by atoms with Gasteiger partial charge in [0.05, 0.1) is 12.7 Å². The van der Waals surface area contributed by atoms with Crippen molar-refractivity contribution in [2.75, 3.05) is 6.61 Å². The highest BCUT2D eigenvalue weighted by molar-refractivity contribution is 6.05. The van der Waals surface area contributed by atoms with Gasteiger partial charge in [-0.1, -0.05) is 104 Å². The summed E-state index contributed by atoms with van der Waals surface area (Å²) in [5, 5.41) is 35.7. The molecule has 2 aliphatic heterocycles. The third-order valence-corrected chi connectivity index (χ3v) is 12.6. The molecular weight excluding hydrogens is 544 g/mol. The van der Waals surface area contributed by atoms with Gasteiger partial charge in [-0.05, 0) is 49.0 Å². The van der Waals surface area contributed by atoms with Crippen LogP contribution in [0.2, 0.25) is 0 Å². The second kappa shape index (κ2) is 12.8. The number of ether oxygens (including phenoxy) is 2. The highest BCUT2D eigenvalue weighted by Gasteiger charge is 2.87. The standard InChI is InChI=1S/C36H58O7/c1-5-6-7-8-9-10-11-12-13-14-15-16-17-18-28(38)43-32-25-19-20-26-34-23-42-36(41,35(26,32)30(39)24(25)2)31(40)29(34)33(3,4)22-21-27(34)37/h25-27,29,31-32,37,40-41H,2,5-23H2,1,3-4H3/t25-,26-,27-,29+,31-,32+,34+,35-,36+/m0/s1. The summed E-state index contributed by atoms with van der Waals surface area (Å²) in [6.45, 7) is 10.6. The second-order valence-corrected chi connectivity index (χ2v) is 15.4. The molecule has 0 unspecified atom stereocenters. The molecule has 7 heteroatoms. The van der Waals surface area contributed by atoms with Gasteiger partial charge in [0.25, 0.3) is 0 Å². The summed E-state index contributed by atoms with van der Waals surface area (Å²) in [4.78, 5) is 27.4. The molecule has 2 saturated heterocycles. The number of fused-ring (bicyclic) bond motifs is 2. The molecule has 4 bridgehead atoms. The van der Waals surface area contributed by atoms with E-state index in [1.165, 1.54) is 64.2 Å². The minimum atomic E-state index is -2.20. The smallest absolute Gasteiger partial charge is 0.306 e. The van der Waals surface area contributed by atoms with Crippen LogP contribution in [0.3, 0.4) is 0 Å². The predicted molar refractivity (Wildman–Crippen MR) is 165 cm³/mol. The Bertz CT molecular complexity index is 1040. The van der Waals surface area contributed by atoms with Crippen LogP contribution in [-0.4, -0.2) is 57.8 Å². The Morgan fingerprint density at radius 3 is 2.12 bits per heavy atom. The third kappa shape index (κ3) is 5.16. The van der Waals surface area contributed by atoms with Gasteiger partial charge in [0, 0.05) is 23.7 Å². The van der Waals surface area contributed by atoms with E-state index in [0.29, 0.717) is 31.3 Å². The third-order valence-electron chi connectivity index (χ3n) is 12.6. The maximum absolute atomic E-state index is 14.2. The molecule has 4 aliphatic carbocycles. The largest absolute Gasteiger partial charge is 0.460 e. The number of unbranched alkanes of at least 4 members (excludes halogenated alkanes) is 12. The van der Waals surface area contributed by atoms with E-state index in [4.69, 9.17) is 9.47 Å². The van der Waals surface area contributed by atoms with Gasteiger partial charge in [-0.3, -0.25) is 9.59 Å². The average molecular weight is 603 g/mol. The first-order valence-electron chi connectivity index (χ1n) is 17.7. The van der Waals surface area contributed by atoms with Crippen molar-refractivity contribution in [3.8, 4) is 0 Å². The summed E-state index contributed by atoms with van der Waals surface area (Å²) in [5.41, 5.74) is -2.58. The first-order valence-corrected chi connectivity index (χ1v) is 17.7. The summed E-state index contributed by atoms with van der Waals surface area (Å²) < 4.78 is 12.3. The Hall–Kier alpha value is -1.28. The molecule has 4 saturated carbocycles. The number of rotatable bonds is 15. The van der Waals surface area contributed by atoms with Gasteiger partial charge in [-0.25, -0.2) is 0 Å². The van der Waals surface area contributed by atoms with Crippen molar-refractivity contribution in [1.29, 1.82) is 0 Å². The van der Waals surface area contributed by atoms with E-state index in [0.717, 1.165) is 19.3 Å². The Morgan fingerprint density at radius 2 is 1.51 bits per heavy atom. The Balaban J connectivity index is 1.19. The number of hydrogen-bond donors (Lipinski definition) is 3. The summed E-state index contributed by atoms with van der Waals surface area (Å²) >= 11 is 0. The van der Waals surface area contributed by atoms with Crippen molar-refractivity contribution in [3.63, 3.8) is 0 Å². The van der Waals surface area contributed by atoms with Crippen LogP contribution in [0.1, 0.15) is 136 Å². The zero-order chi connectivity index (χ0) is 31.0. The highest BCUT2D eigenvalue weighted by Crippen LogP contribution is 2.76. The Morgan fingerprint density at radius 1 is 0.930 bits per heavy atom. The van der Waals surface area contributed by atoms with E-state index in [1.807, 2.05) is 0 Å². The molecule has 0 aromatic carbocycles. The van der Waals surface area contributed by atoms with Gasteiger partial charge in [-0.2, -0.15) is 0 Å². The lowest BCUT2D eigenvalue weighted by Crippen LogP contribution is -2.85. The summed E-state index contributed by atoms with van der Waals surface area (Å²) in [6.07, 6.45) is 15.4. The van der Waals surface area contributed by atoms with Crippen LogP contribution in [0.5, 0.6) is 0 Å². The first-order chi connectivity index (χ1) is 20.5. The molecule has 6 rings (SSSR count). The molecule has 3 N–H and O–H groups in total. The summed E-state index contributed by atoms with van der Waals surface area (Å²) in [6, 6.07) is 0. The molecule has 6 aliphatic rings. The molecule has 6 fully saturated rings. The number of aliphatic hydroxyl groups excluding tert-OH is 2. The topological polar surface area (TPSA) is 113 Å². The van der Waals surface area contributed by atoms with Crippen molar-refractivity contribution in [3.05, 3.63) is 12.2 Å². The fourth-order valence-electron chi connectivity index (χ4n) is 10.5. The summed E-state index contributed by atoms with van der Waals surface area (Å²) in [7, 11) is 0. The minimum absolute atomic E-state index is 0.0757. The van der Waals surface area contributed by atoms with Gasteiger partial charge in [0.1, 0.15) is 17.6 Å². The van der Waals surface area contributed by atoms with E-state index < -0.39 is 52.7 Å². The number of carbonyl (C=O) groups is 2. The second-order valence-electron chi connectivity index (χ2n) is 15.4. The Kier molecular flexibility index (Phi) is 9.89. The number of hydrogen-bond acceptors (Lipinski definition) is 7. The molecule has 9 atom stereocenters. The maximum atomic E-state index is 14.2. The molecule has 7 nitrogen and oxygen atoms in total. The van der Waals surface area contributed by atoms with Crippen molar-refractivity contribution in [2.45, 2.75) is 160 Å². The zero-order valence-corrected chi connectivity index (χ0v) is 27.1. The number of ketones is 1. The molecule has 0 amide bonds. The Labute approximate surface area is 259 Å². The molecular formula is C36H58O7. The van der Waals surface area contributed by atoms with Crippen LogP contribution in [-0.2, 0) is 19.1 Å². The fraction of sp³-hybridized carbons (Fsp3) is 0.889. The van der Waals surface area contributed by atoms with E-state index in [2.05, 4.69) is 27.4 Å². The van der Waals surface area contributed by atoms with Crippen molar-refractivity contribution in [1.82, 2.24) is 0 Å². The van der Waals surface area contributed by atoms with Crippen molar-refractivity contribution in [2.24, 2.45) is 34.0 Å². The molecule has 43 heavy (non-hydrogen) atoms. The average Bonchev–Trinajstić information content (AvgIpc) is 3.08. The van der Waals surface area contributed by atoms with E-state index in [1.54, 1.807) is 0 Å². The quantitative estimate of drug-likeness (QED) is 0.113. The van der Waals surface area contributed by atoms with Gasteiger partial charge in [-0.15, -0.1) is 0 Å². The maximum Gasteiger partial charge on any atom is 0.306 e. The highest BCUT2D eigenvalue weighted by atomic mass is 16.6. The monoisotopic (exact) mass is 602 g/mol. The molecule has 0 aromatic rings. The lowest BCUT2D eigenvalue weighted by atomic mass is 9.35. The summed E-state index contributed by atoms with van der Waals surface area (Å²) in [5.74, 6) is -4.28. The van der Waals surface area contributed by atoms with Gasteiger partial charge in [0.2, 0.25) is 5.79 Å². The van der Waals surface area contributed by atoms with E-state index >= 15 is 0 Å². The van der Waals surface area contributed by atoms with Crippen LogP contribution in [0, 0.1) is 34.0 Å². The first kappa shape index (κ1) is 33.1. The number of carbonyl (C=O) groups excluding carboxylic acids is 2. The van der Waals surface area contributed by atoms with Gasteiger partial charge < -0.3 is 24.8 Å². The molecule has 2 heterocycles. The van der Waals surface area contributed by atoms with Crippen LogP contribution in [0.4, 0.5) is 0 Å². The normalized spacial score (nSPS) is 40.8. The molecule has 0 aromatic heterocycles. The number of Topliss-reactive ketones (excluding diaryl/α,β-unsaturated/α-hetero) is 1. The number of esters is 1. The SMILES string of the molecule is C=C1C(=O)[C@]23[C@H](OC(=O)CCCCCCCCCCCCCCC)[C@H]1CC[C@H]2[C@@]12CO[C@]3(O)[C@@H](O)[C@@H]1C(C)(C)CC[C@@H]2O. The zero-order valence-electron chi connectivity index (χ0n) is 27.1. The van der Waals surface area contributed by atoms with Gasteiger partial charge >= 0.3 is 5.97 Å². The lowest BCUT2D eigenvalue weighted by Gasteiger charge is -2.74. The van der Waals surface area contributed by atoms with Crippen LogP contribution < -0.4 is 0 Å². The van der Waals surface area contributed by atoms with Crippen LogP contribution >= 0.6 is 0 Å². The van der Waals surface area contributed by atoms with Crippen LogP contribution in [0.25, 0.3) is 0 Å². The van der Waals surface area contributed by atoms with Gasteiger partial charge in [0.15, 0.2) is 5.78 Å². The minimum Gasteiger partial charge on any atom is -0.460 e. The fourth-order valence-corrected chi connectivity index (χ4v) is 10.5.